The van der Waals surface area contributed by atoms with E-state index in [4.69, 9.17) is 18.0 Å². The molecule has 2 heterocycles. The van der Waals surface area contributed by atoms with Gasteiger partial charge in [-0.05, 0) is 87.3 Å². The van der Waals surface area contributed by atoms with Gasteiger partial charge in [-0.3, -0.25) is 10.0 Å². The fourth-order valence-corrected chi connectivity index (χ4v) is 8.54. The molecule has 4 atom stereocenters. The third kappa shape index (κ3) is 9.92. The predicted octanol–water partition coefficient (Wildman–Crippen LogP) is 9.19. The van der Waals surface area contributed by atoms with Gasteiger partial charge < -0.3 is 23.3 Å². The Kier molecular flexibility index (Phi) is 12.9. The molecule has 1 saturated heterocycles. The number of hydrogen-bond acceptors (Lipinski definition) is 9. The van der Waals surface area contributed by atoms with Crippen molar-refractivity contribution in [1.82, 2.24) is 9.55 Å². The van der Waals surface area contributed by atoms with Crippen molar-refractivity contribution < 1.29 is 28.0 Å². The van der Waals surface area contributed by atoms with E-state index in [1.54, 1.807) is 24.3 Å². The van der Waals surface area contributed by atoms with E-state index in [1.165, 1.54) is 10.6 Å². The van der Waals surface area contributed by atoms with Gasteiger partial charge in [-0.2, -0.15) is 4.98 Å². The molecule has 2 N–H and O–H groups in total. The zero-order chi connectivity index (χ0) is 40.0. The molecule has 0 saturated carbocycles. The van der Waals surface area contributed by atoms with Crippen LogP contribution in [0.2, 0.25) is 54.4 Å². The number of carbonyl (C=O) groups is 1. The fraction of sp³-hybridized carbons (Fsp3) is 0.711. The zero-order valence-electron chi connectivity index (χ0n) is 35.2. The van der Waals surface area contributed by atoms with Crippen molar-refractivity contribution in [2.24, 2.45) is 0 Å². The number of nitrogens with one attached hydrogen (secondary N) is 1. The first-order chi connectivity index (χ1) is 23.3. The van der Waals surface area contributed by atoms with Crippen molar-refractivity contribution in [3.05, 3.63) is 52.4 Å². The SMILES string of the molecule is CC(C)(C)N(O)c1cc(NC(=O)c2ccccc2)nc(=O)n1[C@@H]1O[C@H](CO[Si](C)(C)C(C)(C)C)[C@@H](O[Si](C)(C)C(C)(C)C)[C@H]1O[Si](C)(C)C(C)(C)C. The maximum Gasteiger partial charge on any atom is 0.353 e. The smallest absolute Gasteiger partial charge is 0.353 e. The third-order valence-electron chi connectivity index (χ3n) is 11.5. The average molecular weight is 777 g/mol. The molecule has 294 valence electrons. The second-order valence-electron chi connectivity index (χ2n) is 19.8. The zero-order valence-corrected chi connectivity index (χ0v) is 38.2. The Morgan fingerprint density at radius 2 is 1.31 bits per heavy atom. The lowest BCUT2D eigenvalue weighted by Gasteiger charge is -2.44. The normalized spacial score (nSPS) is 21.0. The Morgan fingerprint density at radius 1 is 0.827 bits per heavy atom. The highest BCUT2D eigenvalue weighted by atomic mass is 28.4. The summed E-state index contributed by atoms with van der Waals surface area (Å²) in [5.41, 5.74) is -1.16. The molecule has 0 bridgehead atoms. The van der Waals surface area contributed by atoms with Crippen molar-refractivity contribution >= 4 is 42.5 Å². The van der Waals surface area contributed by atoms with Crippen LogP contribution in [0.25, 0.3) is 0 Å². The summed E-state index contributed by atoms with van der Waals surface area (Å²) in [5.74, 6) is -0.333. The fourth-order valence-electron chi connectivity index (χ4n) is 4.93. The van der Waals surface area contributed by atoms with Crippen molar-refractivity contribution in [2.45, 2.75) is 168 Å². The van der Waals surface area contributed by atoms with E-state index in [0.29, 0.717) is 5.56 Å². The molecule has 0 spiro atoms. The summed E-state index contributed by atoms with van der Waals surface area (Å²) in [6.45, 7) is 38.5. The maximum atomic E-state index is 14.4. The monoisotopic (exact) mass is 776 g/mol. The van der Waals surface area contributed by atoms with Gasteiger partial charge in [0.15, 0.2) is 31.2 Å². The van der Waals surface area contributed by atoms with Crippen molar-refractivity contribution in [1.29, 1.82) is 0 Å². The van der Waals surface area contributed by atoms with E-state index >= 15 is 0 Å². The van der Waals surface area contributed by atoms with Gasteiger partial charge in [0.1, 0.15) is 29.9 Å². The second-order valence-corrected chi connectivity index (χ2v) is 34.1. The highest BCUT2D eigenvalue weighted by Crippen LogP contribution is 2.47. The van der Waals surface area contributed by atoms with Gasteiger partial charge in [-0.25, -0.2) is 14.4 Å². The van der Waals surface area contributed by atoms with Crippen LogP contribution in [0.1, 0.15) is 99.7 Å². The van der Waals surface area contributed by atoms with E-state index in [9.17, 15) is 14.8 Å². The lowest BCUT2D eigenvalue weighted by molar-refractivity contribution is -0.0516. The maximum absolute atomic E-state index is 14.4. The van der Waals surface area contributed by atoms with Gasteiger partial charge in [0.05, 0.1) is 12.1 Å². The van der Waals surface area contributed by atoms with Crippen LogP contribution in [0.15, 0.2) is 41.2 Å². The summed E-state index contributed by atoms with van der Waals surface area (Å²) >= 11 is 0. The molecule has 52 heavy (non-hydrogen) atoms. The first-order valence-electron chi connectivity index (χ1n) is 18.4. The molecular formula is C38H68N4O7Si3. The lowest BCUT2D eigenvalue weighted by atomic mass is 10.1. The molecule has 1 fully saturated rings. The molecular weight excluding hydrogens is 709 g/mol. The molecule has 1 aliphatic rings. The summed E-state index contributed by atoms with van der Waals surface area (Å²) in [4.78, 5) is 31.9. The van der Waals surface area contributed by atoms with Crippen LogP contribution >= 0.6 is 0 Å². The number of hydroxylamine groups is 1. The Morgan fingerprint density at radius 3 is 1.77 bits per heavy atom. The number of aromatic nitrogens is 2. The molecule has 0 radical (unpaired) electrons. The van der Waals surface area contributed by atoms with Crippen molar-refractivity contribution in [3.8, 4) is 0 Å². The minimum absolute atomic E-state index is 0.000137. The number of nitrogens with zero attached hydrogens (tertiary/aromatic N) is 3. The van der Waals surface area contributed by atoms with Crippen LogP contribution in [-0.4, -0.2) is 76.1 Å². The van der Waals surface area contributed by atoms with Gasteiger partial charge in [-0.1, -0.05) is 80.5 Å². The Bertz CT molecular complexity index is 1600. The standard InChI is InChI=1S/C38H68N4O7Si3/c1-35(2,3)42(45)29-24-28(39-32(43)26-22-20-19-21-23-26)40-34(44)41(29)33-31(49-52(17,18)38(10,11)12)30(48-51(15,16)37(7,8)9)27(47-33)25-46-50(13,14)36(4,5)6/h19-24,27,30-31,33,45H,25H2,1-18H3,(H,39,40,43,44)/t27-,30-,31-,33-/m1/s1. The van der Waals surface area contributed by atoms with Crippen LogP contribution in [0.4, 0.5) is 11.6 Å². The molecule has 3 rings (SSSR count). The first-order valence-corrected chi connectivity index (χ1v) is 27.2. The van der Waals surface area contributed by atoms with Crippen LogP contribution < -0.4 is 16.1 Å². The van der Waals surface area contributed by atoms with Crippen LogP contribution in [0, 0.1) is 0 Å². The molecule has 1 aliphatic heterocycles. The first kappa shape index (κ1) is 44.2. The number of rotatable bonds is 11. The second kappa shape index (κ2) is 15.2. The van der Waals surface area contributed by atoms with Gasteiger partial charge >= 0.3 is 5.69 Å². The average Bonchev–Trinajstić information content (AvgIpc) is 3.28. The molecule has 1 amide bonds. The summed E-state index contributed by atoms with van der Waals surface area (Å²) < 4.78 is 29.6. The topological polar surface area (TPSA) is 124 Å². The Hall–Kier alpha value is -2.18. The quantitative estimate of drug-likeness (QED) is 0.170. The summed E-state index contributed by atoms with van der Waals surface area (Å²) in [7, 11) is -7.23. The molecule has 11 nitrogen and oxygen atoms in total. The van der Waals surface area contributed by atoms with Gasteiger partial charge in [0, 0.05) is 11.6 Å². The van der Waals surface area contributed by atoms with Crippen LogP contribution in [0.3, 0.4) is 0 Å². The Labute approximate surface area is 316 Å². The minimum atomic E-state index is -2.54. The number of amides is 1. The van der Waals surface area contributed by atoms with E-state index in [0.717, 1.165) is 5.06 Å². The summed E-state index contributed by atoms with van der Waals surface area (Å²) in [6, 6.07) is 10.2. The number of anilines is 2. The van der Waals surface area contributed by atoms with Gasteiger partial charge in [0.25, 0.3) is 5.91 Å². The van der Waals surface area contributed by atoms with Crippen molar-refractivity contribution in [2.75, 3.05) is 17.0 Å². The lowest BCUT2D eigenvalue weighted by Crippen LogP contribution is -2.55. The summed E-state index contributed by atoms with van der Waals surface area (Å²) in [5, 5.41) is 15.2. The predicted molar refractivity (Wildman–Crippen MR) is 218 cm³/mol. The Balaban J connectivity index is 2.31. The summed E-state index contributed by atoms with van der Waals surface area (Å²) in [6.07, 6.45) is -2.98. The van der Waals surface area contributed by atoms with Gasteiger partial charge in [0.2, 0.25) is 0 Å². The number of benzene rings is 1. The van der Waals surface area contributed by atoms with Crippen LogP contribution in [-0.2, 0) is 18.0 Å². The highest BCUT2D eigenvalue weighted by molar-refractivity contribution is 6.75. The number of ether oxygens (including phenoxy) is 1. The van der Waals surface area contributed by atoms with E-state index in [2.05, 4.69) is 112 Å². The van der Waals surface area contributed by atoms with E-state index in [-0.39, 0.29) is 33.4 Å². The molecule has 1 aromatic heterocycles. The van der Waals surface area contributed by atoms with Crippen molar-refractivity contribution in [3.63, 3.8) is 0 Å². The van der Waals surface area contributed by atoms with Crippen LogP contribution in [0.5, 0.6) is 0 Å². The molecule has 1 aromatic carbocycles. The number of carbonyl (C=O) groups excluding carboxylic acids is 1. The largest absolute Gasteiger partial charge is 0.414 e. The van der Waals surface area contributed by atoms with E-state index < -0.39 is 66.6 Å². The molecule has 14 heteroatoms. The minimum Gasteiger partial charge on any atom is -0.414 e. The molecule has 0 aliphatic carbocycles. The van der Waals surface area contributed by atoms with E-state index in [1.807, 2.05) is 26.8 Å². The third-order valence-corrected chi connectivity index (χ3v) is 24.9. The molecule has 2 aromatic rings. The highest BCUT2D eigenvalue weighted by Gasteiger charge is 2.56. The molecule has 0 unspecified atom stereocenters. The van der Waals surface area contributed by atoms with Gasteiger partial charge in [-0.15, -0.1) is 0 Å². The number of hydrogen-bond donors (Lipinski definition) is 2.